The molecule has 1 aromatic carbocycles. The van der Waals surface area contributed by atoms with Crippen LogP contribution < -0.4 is 15.4 Å². The molecule has 0 aromatic heterocycles. The van der Waals surface area contributed by atoms with Crippen LogP contribution in [-0.2, 0) is 6.54 Å². The van der Waals surface area contributed by atoms with Gasteiger partial charge in [-0.25, -0.2) is 0 Å². The number of nitrogens with zero attached hydrogens (tertiary/aromatic N) is 3. The van der Waals surface area contributed by atoms with Gasteiger partial charge in [-0.1, -0.05) is 32.0 Å². The molecule has 6 heteroatoms. The zero-order chi connectivity index (χ0) is 20.8. The molecule has 0 aliphatic heterocycles. The normalized spacial score (nSPS) is 13.1. The molecule has 160 valence electrons. The fourth-order valence-corrected chi connectivity index (χ4v) is 2.97. The third-order valence-electron chi connectivity index (χ3n) is 4.83. The van der Waals surface area contributed by atoms with Crippen LogP contribution >= 0.6 is 0 Å². The van der Waals surface area contributed by atoms with Crippen LogP contribution in [0.3, 0.4) is 0 Å². The van der Waals surface area contributed by atoms with Crippen LogP contribution in [0.4, 0.5) is 0 Å². The largest absolute Gasteiger partial charge is 0.492 e. The summed E-state index contributed by atoms with van der Waals surface area (Å²) in [5.41, 5.74) is 1.14. The van der Waals surface area contributed by atoms with Crippen LogP contribution in [0.15, 0.2) is 29.3 Å². The number of aliphatic imine (C=N–C) groups is 1. The minimum absolute atomic E-state index is 0.383. The summed E-state index contributed by atoms with van der Waals surface area (Å²) in [6.45, 7) is 12.3. The Kier molecular flexibility index (Phi) is 12.3. The molecule has 0 fully saturated rings. The second-order valence-electron chi connectivity index (χ2n) is 7.40. The Hall–Kier alpha value is -1.79. The Bertz CT molecular complexity index is 558. The van der Waals surface area contributed by atoms with Gasteiger partial charge < -0.3 is 25.2 Å². The first-order valence-corrected chi connectivity index (χ1v) is 10.5. The fraction of sp³-hybridized carbons (Fsp3) is 0.682. The van der Waals surface area contributed by atoms with E-state index in [-0.39, 0.29) is 0 Å². The average molecular weight is 392 g/mol. The van der Waals surface area contributed by atoms with Gasteiger partial charge in [0.15, 0.2) is 5.96 Å². The highest BCUT2D eigenvalue weighted by Crippen LogP contribution is 2.17. The highest BCUT2D eigenvalue weighted by atomic mass is 16.5. The van der Waals surface area contributed by atoms with E-state index in [9.17, 15) is 0 Å². The van der Waals surface area contributed by atoms with Gasteiger partial charge in [-0.15, -0.1) is 0 Å². The molecule has 0 heterocycles. The van der Waals surface area contributed by atoms with Crippen molar-refractivity contribution in [1.29, 1.82) is 0 Å². The first-order chi connectivity index (χ1) is 13.5. The summed E-state index contributed by atoms with van der Waals surface area (Å²) in [7, 11) is 5.92. The van der Waals surface area contributed by atoms with E-state index >= 15 is 0 Å². The molecule has 0 saturated carbocycles. The van der Waals surface area contributed by atoms with Crippen molar-refractivity contribution < 1.29 is 4.74 Å². The minimum atomic E-state index is 0.383. The van der Waals surface area contributed by atoms with E-state index in [1.807, 2.05) is 25.2 Å². The van der Waals surface area contributed by atoms with E-state index in [1.54, 1.807) is 0 Å². The van der Waals surface area contributed by atoms with E-state index in [1.165, 1.54) is 6.42 Å². The smallest absolute Gasteiger partial charge is 0.191 e. The van der Waals surface area contributed by atoms with Gasteiger partial charge in [0, 0.05) is 31.7 Å². The molecule has 0 spiro atoms. The van der Waals surface area contributed by atoms with Crippen LogP contribution in [-0.4, -0.2) is 75.7 Å². The molecule has 6 nitrogen and oxygen atoms in total. The van der Waals surface area contributed by atoms with E-state index in [2.05, 4.69) is 66.4 Å². The molecule has 0 aliphatic rings. The Morgan fingerprint density at radius 2 is 1.86 bits per heavy atom. The third-order valence-corrected chi connectivity index (χ3v) is 4.83. The summed E-state index contributed by atoms with van der Waals surface area (Å²) in [5.74, 6) is 1.76. The lowest BCUT2D eigenvalue weighted by molar-refractivity contribution is 0.259. The van der Waals surface area contributed by atoms with Gasteiger partial charge in [-0.3, -0.25) is 4.99 Å². The summed E-state index contributed by atoms with van der Waals surface area (Å²) in [5, 5.41) is 6.91. The maximum atomic E-state index is 5.95. The van der Waals surface area contributed by atoms with Gasteiger partial charge in [0.05, 0.1) is 0 Å². The number of likely N-dealkylation sites (N-methyl/N-ethyl adjacent to an activating group) is 1. The molecule has 1 rings (SSSR count). The Labute approximate surface area is 172 Å². The van der Waals surface area contributed by atoms with Crippen molar-refractivity contribution in [2.45, 2.75) is 46.2 Å². The maximum Gasteiger partial charge on any atom is 0.191 e. The van der Waals surface area contributed by atoms with Crippen molar-refractivity contribution in [2.24, 2.45) is 4.99 Å². The first-order valence-electron chi connectivity index (χ1n) is 10.5. The summed E-state index contributed by atoms with van der Waals surface area (Å²) < 4.78 is 5.95. The number of benzene rings is 1. The highest BCUT2D eigenvalue weighted by molar-refractivity contribution is 5.79. The monoisotopic (exact) mass is 391 g/mol. The predicted molar refractivity (Wildman–Crippen MR) is 120 cm³/mol. The molecule has 2 N–H and O–H groups in total. The molecule has 28 heavy (non-hydrogen) atoms. The lowest BCUT2D eigenvalue weighted by Gasteiger charge is -2.21. The number of hydrogen-bond acceptors (Lipinski definition) is 4. The number of rotatable bonds is 13. The van der Waals surface area contributed by atoms with E-state index < -0.39 is 0 Å². The second-order valence-corrected chi connectivity index (χ2v) is 7.40. The maximum absolute atomic E-state index is 5.95. The summed E-state index contributed by atoms with van der Waals surface area (Å²) in [6, 6.07) is 8.56. The zero-order valence-electron chi connectivity index (χ0n) is 18.8. The van der Waals surface area contributed by atoms with Crippen molar-refractivity contribution in [3.8, 4) is 5.75 Å². The van der Waals surface area contributed by atoms with Crippen LogP contribution in [0, 0.1) is 0 Å². The van der Waals surface area contributed by atoms with Gasteiger partial charge in [0.2, 0.25) is 0 Å². The Morgan fingerprint density at radius 1 is 1.14 bits per heavy atom. The van der Waals surface area contributed by atoms with Crippen molar-refractivity contribution in [1.82, 2.24) is 20.4 Å². The lowest BCUT2D eigenvalue weighted by Crippen LogP contribution is -2.42. The number of ether oxygens (including phenoxy) is 1. The molecule has 1 atom stereocenters. The van der Waals surface area contributed by atoms with Gasteiger partial charge in [0.1, 0.15) is 12.4 Å². The lowest BCUT2D eigenvalue weighted by atomic mass is 10.1. The van der Waals surface area contributed by atoms with Crippen LogP contribution in [0.25, 0.3) is 0 Å². The number of nitrogens with one attached hydrogen (secondary N) is 2. The van der Waals surface area contributed by atoms with Crippen LogP contribution in [0.5, 0.6) is 5.75 Å². The Morgan fingerprint density at radius 3 is 2.50 bits per heavy atom. The topological polar surface area (TPSA) is 52.1 Å². The molecule has 0 saturated heterocycles. The summed E-state index contributed by atoms with van der Waals surface area (Å²) in [4.78, 5) is 8.95. The van der Waals surface area contributed by atoms with Crippen molar-refractivity contribution >= 4 is 5.96 Å². The van der Waals surface area contributed by atoms with Crippen molar-refractivity contribution in [2.75, 3.05) is 53.9 Å². The summed E-state index contributed by atoms with van der Waals surface area (Å²) >= 11 is 0. The van der Waals surface area contributed by atoms with E-state index in [0.717, 1.165) is 49.9 Å². The zero-order valence-corrected chi connectivity index (χ0v) is 18.8. The highest BCUT2D eigenvalue weighted by Gasteiger charge is 2.08. The number of hydrogen-bond donors (Lipinski definition) is 2. The second kappa shape index (κ2) is 14.2. The van der Waals surface area contributed by atoms with Gasteiger partial charge in [-0.05, 0) is 59.6 Å². The van der Waals surface area contributed by atoms with E-state index in [4.69, 9.17) is 4.74 Å². The molecule has 0 bridgehead atoms. The fourth-order valence-electron chi connectivity index (χ4n) is 2.97. The van der Waals surface area contributed by atoms with Crippen molar-refractivity contribution in [3.05, 3.63) is 29.8 Å². The predicted octanol–water partition coefficient (Wildman–Crippen LogP) is 2.80. The van der Waals surface area contributed by atoms with E-state index in [0.29, 0.717) is 19.2 Å². The first kappa shape index (κ1) is 24.2. The summed E-state index contributed by atoms with van der Waals surface area (Å²) in [6.07, 6.45) is 2.32. The quantitative estimate of drug-likeness (QED) is 0.400. The SMILES string of the molecule is CCN(CC)CCCC(C)NC(=NC)NCc1ccccc1OCCN(C)C. The molecule has 0 radical (unpaired) electrons. The molecule has 0 aliphatic carbocycles. The van der Waals surface area contributed by atoms with Gasteiger partial charge in [-0.2, -0.15) is 0 Å². The minimum Gasteiger partial charge on any atom is -0.492 e. The van der Waals surface area contributed by atoms with Gasteiger partial charge in [0.25, 0.3) is 0 Å². The number of para-hydroxylation sites is 1. The Balaban J connectivity index is 2.45. The van der Waals surface area contributed by atoms with Crippen LogP contribution in [0.2, 0.25) is 0 Å². The molecule has 0 amide bonds. The molecule has 1 aromatic rings. The van der Waals surface area contributed by atoms with Gasteiger partial charge >= 0.3 is 0 Å². The average Bonchev–Trinajstić information content (AvgIpc) is 2.69. The molecular formula is C22H41N5O. The molecular weight excluding hydrogens is 350 g/mol. The molecule has 1 unspecified atom stereocenters. The van der Waals surface area contributed by atoms with Crippen LogP contribution in [0.1, 0.15) is 39.2 Å². The van der Waals surface area contributed by atoms with Crippen molar-refractivity contribution in [3.63, 3.8) is 0 Å². The standard InChI is InChI=1S/C22H41N5O/c1-7-27(8-2)15-11-12-19(3)25-22(23-4)24-18-20-13-9-10-14-21(20)28-17-16-26(5)6/h9-10,13-14,19H,7-8,11-12,15-18H2,1-6H3,(H2,23,24,25). The number of guanidine groups is 1. The third kappa shape index (κ3) is 9.95.